The Hall–Kier alpha value is -1.03. The highest BCUT2D eigenvalue weighted by Crippen LogP contribution is 2.28. The molecule has 1 aromatic rings. The summed E-state index contributed by atoms with van der Waals surface area (Å²) in [6.45, 7) is 5.31. The first-order valence-corrected chi connectivity index (χ1v) is 9.89. The number of aromatic nitrogens is 1. The Balaban J connectivity index is 1.62. The van der Waals surface area contributed by atoms with E-state index in [9.17, 15) is 13.2 Å². The first kappa shape index (κ1) is 15.9. The molecule has 0 aromatic carbocycles. The van der Waals surface area contributed by atoms with Crippen molar-refractivity contribution < 1.29 is 13.2 Å². The number of hydrogen-bond acceptors (Lipinski definition) is 6. The van der Waals surface area contributed by atoms with Crippen molar-refractivity contribution in [3.8, 4) is 0 Å². The molecule has 1 saturated heterocycles. The van der Waals surface area contributed by atoms with Crippen LogP contribution in [0.4, 0.5) is 5.13 Å². The van der Waals surface area contributed by atoms with E-state index in [0.29, 0.717) is 18.1 Å². The van der Waals surface area contributed by atoms with Crippen molar-refractivity contribution in [2.24, 2.45) is 0 Å². The predicted molar refractivity (Wildman–Crippen MR) is 85.4 cm³/mol. The van der Waals surface area contributed by atoms with Crippen molar-refractivity contribution in [2.45, 2.75) is 26.3 Å². The first-order valence-electron chi connectivity index (χ1n) is 7.46. The minimum absolute atomic E-state index is 0.117. The maximum atomic E-state index is 12.0. The van der Waals surface area contributed by atoms with E-state index in [2.05, 4.69) is 22.1 Å². The minimum Gasteiger partial charge on any atom is -0.301 e. The van der Waals surface area contributed by atoms with Gasteiger partial charge in [0.1, 0.15) is 0 Å². The van der Waals surface area contributed by atoms with Gasteiger partial charge in [0.25, 0.3) is 0 Å². The Bertz CT molecular complexity index is 671. The predicted octanol–water partition coefficient (Wildman–Crippen LogP) is 0.495. The van der Waals surface area contributed by atoms with Crippen LogP contribution in [0.25, 0.3) is 0 Å². The molecule has 0 saturated carbocycles. The van der Waals surface area contributed by atoms with Crippen molar-refractivity contribution in [2.75, 3.05) is 37.2 Å². The van der Waals surface area contributed by atoms with Gasteiger partial charge in [-0.05, 0) is 13.0 Å². The zero-order valence-corrected chi connectivity index (χ0v) is 14.2. The summed E-state index contributed by atoms with van der Waals surface area (Å²) in [5, 5.41) is 3.31. The second-order valence-corrected chi connectivity index (χ2v) is 8.73. The number of nitrogens with one attached hydrogen (secondary N) is 1. The van der Waals surface area contributed by atoms with E-state index >= 15 is 0 Å². The molecule has 3 heterocycles. The van der Waals surface area contributed by atoms with Gasteiger partial charge in [0.2, 0.25) is 15.9 Å². The molecule has 0 aliphatic carbocycles. The quantitative estimate of drug-likeness (QED) is 0.860. The summed E-state index contributed by atoms with van der Waals surface area (Å²) in [6, 6.07) is 0. The number of likely N-dealkylation sites (N-methyl/N-ethyl adjacent to an activating group) is 1. The van der Waals surface area contributed by atoms with Crippen molar-refractivity contribution in [1.82, 2.24) is 14.2 Å². The lowest BCUT2D eigenvalue weighted by Gasteiger charge is -2.23. The number of nitrogens with zero attached hydrogens (tertiary/aromatic N) is 3. The molecule has 0 bridgehead atoms. The van der Waals surface area contributed by atoms with Crippen LogP contribution in [-0.4, -0.2) is 60.4 Å². The van der Waals surface area contributed by atoms with Gasteiger partial charge >= 0.3 is 0 Å². The van der Waals surface area contributed by atoms with E-state index in [-0.39, 0.29) is 18.2 Å². The summed E-state index contributed by atoms with van der Waals surface area (Å²) in [4.78, 5) is 20.0. The molecule has 0 unspecified atom stereocenters. The van der Waals surface area contributed by atoms with E-state index in [0.717, 1.165) is 31.7 Å². The molecule has 1 aromatic heterocycles. The van der Waals surface area contributed by atoms with Crippen LogP contribution in [0.2, 0.25) is 0 Å². The van der Waals surface area contributed by atoms with Crippen LogP contribution in [0, 0.1) is 0 Å². The van der Waals surface area contributed by atoms with Crippen LogP contribution in [0.1, 0.15) is 23.9 Å². The summed E-state index contributed by atoms with van der Waals surface area (Å²) in [5.41, 5.74) is 1.05. The largest absolute Gasteiger partial charge is 0.301 e. The van der Waals surface area contributed by atoms with Crippen LogP contribution < -0.4 is 5.32 Å². The lowest BCUT2D eigenvalue weighted by atomic mass is 10.2. The third kappa shape index (κ3) is 3.32. The van der Waals surface area contributed by atoms with Gasteiger partial charge in [0.15, 0.2) is 5.13 Å². The Morgan fingerprint density at radius 1 is 1.41 bits per heavy atom. The fraction of sp³-hybridized carbons (Fsp3) is 0.692. The Morgan fingerprint density at radius 3 is 2.91 bits per heavy atom. The van der Waals surface area contributed by atoms with Crippen LogP contribution in [0.15, 0.2) is 0 Å². The maximum Gasteiger partial charge on any atom is 0.241 e. The zero-order chi connectivity index (χ0) is 15.7. The number of hydrogen-bond donors (Lipinski definition) is 1. The van der Waals surface area contributed by atoms with E-state index in [1.54, 1.807) is 0 Å². The number of carbonyl (C=O) groups is 1. The normalized spacial score (nSPS) is 21.7. The zero-order valence-electron chi connectivity index (χ0n) is 12.5. The highest BCUT2D eigenvalue weighted by Gasteiger charge is 2.30. The molecule has 2 aliphatic heterocycles. The van der Waals surface area contributed by atoms with Gasteiger partial charge < -0.3 is 5.32 Å². The molecule has 1 fully saturated rings. The lowest BCUT2D eigenvalue weighted by Crippen LogP contribution is -2.34. The molecule has 9 heteroatoms. The molecule has 0 radical (unpaired) electrons. The molecule has 22 heavy (non-hydrogen) atoms. The molecule has 1 amide bonds. The summed E-state index contributed by atoms with van der Waals surface area (Å²) in [7, 11) is -3.24. The molecule has 1 N–H and O–H groups in total. The van der Waals surface area contributed by atoms with Gasteiger partial charge in [-0.2, -0.15) is 4.31 Å². The average molecular weight is 344 g/mol. The number of amides is 1. The second-order valence-electron chi connectivity index (χ2n) is 5.56. The number of thiazole rings is 1. The van der Waals surface area contributed by atoms with Gasteiger partial charge in [-0.25, -0.2) is 13.4 Å². The summed E-state index contributed by atoms with van der Waals surface area (Å²) in [5.74, 6) is -0.178. The first-order chi connectivity index (χ1) is 10.5. The Morgan fingerprint density at radius 2 is 2.23 bits per heavy atom. The monoisotopic (exact) mass is 344 g/mol. The van der Waals surface area contributed by atoms with Gasteiger partial charge in [-0.1, -0.05) is 6.92 Å². The van der Waals surface area contributed by atoms with Crippen molar-refractivity contribution in [3.05, 3.63) is 10.6 Å². The Labute approximate surface area is 134 Å². The fourth-order valence-electron chi connectivity index (χ4n) is 2.76. The van der Waals surface area contributed by atoms with Gasteiger partial charge in [-0.3, -0.25) is 9.69 Å². The number of rotatable bonds is 4. The van der Waals surface area contributed by atoms with Crippen molar-refractivity contribution in [3.63, 3.8) is 0 Å². The number of sulfonamides is 1. The number of carbonyl (C=O) groups excluding carboxylic acids is 1. The second kappa shape index (κ2) is 6.23. The van der Waals surface area contributed by atoms with Crippen LogP contribution in [0.3, 0.4) is 0 Å². The standard InChI is InChI=1S/C13H20N4O3S2/c1-2-16-6-4-10-11(8-16)21-13(14-10)15-12(18)9-17-5-3-7-22(17,19)20/h2-9H2,1H3,(H,14,15,18). The molecule has 7 nitrogen and oxygen atoms in total. The maximum absolute atomic E-state index is 12.0. The molecular weight excluding hydrogens is 324 g/mol. The molecule has 3 rings (SSSR count). The molecule has 2 aliphatic rings. The summed E-state index contributed by atoms with van der Waals surface area (Å²) >= 11 is 1.49. The SMILES string of the molecule is CCN1CCc2nc(NC(=O)CN3CCCS3(=O)=O)sc2C1. The minimum atomic E-state index is -3.24. The van der Waals surface area contributed by atoms with Crippen LogP contribution >= 0.6 is 11.3 Å². The lowest BCUT2D eigenvalue weighted by molar-refractivity contribution is -0.116. The highest BCUT2D eigenvalue weighted by atomic mass is 32.2. The number of anilines is 1. The van der Waals surface area contributed by atoms with E-state index in [1.807, 2.05) is 0 Å². The fourth-order valence-corrected chi connectivity index (χ4v) is 5.30. The highest BCUT2D eigenvalue weighted by molar-refractivity contribution is 7.89. The van der Waals surface area contributed by atoms with Crippen molar-refractivity contribution in [1.29, 1.82) is 0 Å². The van der Waals surface area contributed by atoms with E-state index in [1.165, 1.54) is 20.5 Å². The molecule has 122 valence electrons. The van der Waals surface area contributed by atoms with Crippen LogP contribution in [-0.2, 0) is 27.8 Å². The third-order valence-corrected chi connectivity index (χ3v) is 6.93. The molecule has 0 spiro atoms. The third-order valence-electron chi connectivity index (χ3n) is 4.03. The van der Waals surface area contributed by atoms with E-state index < -0.39 is 10.0 Å². The smallest absolute Gasteiger partial charge is 0.241 e. The molecular formula is C13H20N4O3S2. The number of fused-ring (bicyclic) bond motifs is 1. The van der Waals surface area contributed by atoms with Gasteiger partial charge in [-0.15, -0.1) is 11.3 Å². The van der Waals surface area contributed by atoms with E-state index in [4.69, 9.17) is 0 Å². The van der Waals surface area contributed by atoms with Crippen molar-refractivity contribution >= 4 is 32.4 Å². The van der Waals surface area contributed by atoms with Crippen LogP contribution in [0.5, 0.6) is 0 Å². The Kier molecular flexibility index (Phi) is 4.49. The molecule has 0 atom stereocenters. The topological polar surface area (TPSA) is 82.6 Å². The summed E-state index contributed by atoms with van der Waals surface area (Å²) in [6.07, 6.45) is 1.49. The summed E-state index contributed by atoms with van der Waals surface area (Å²) < 4.78 is 24.7. The van der Waals surface area contributed by atoms with Gasteiger partial charge in [0.05, 0.1) is 18.0 Å². The van der Waals surface area contributed by atoms with Gasteiger partial charge in [0, 0.05) is 30.9 Å². The average Bonchev–Trinajstić information content (AvgIpc) is 3.00.